The Kier molecular flexibility index (Phi) is 4.80. The number of hydrogen-bond donors (Lipinski definition) is 2. The van der Waals surface area contributed by atoms with Crippen LogP contribution < -0.4 is 10.6 Å². The third-order valence-corrected chi connectivity index (χ3v) is 3.95. The maximum Gasteiger partial charge on any atom is 0.255 e. The van der Waals surface area contributed by atoms with Crippen LogP contribution in [0.2, 0.25) is 5.02 Å². The second-order valence-corrected chi connectivity index (χ2v) is 5.41. The van der Waals surface area contributed by atoms with E-state index in [1.54, 1.807) is 18.2 Å². The van der Waals surface area contributed by atoms with Gasteiger partial charge in [-0.15, -0.1) is 0 Å². The highest BCUT2D eigenvalue weighted by molar-refractivity contribution is 9.10. The van der Waals surface area contributed by atoms with Gasteiger partial charge in [0.2, 0.25) is 0 Å². The number of benzene rings is 2. The minimum Gasteiger partial charge on any atom is -0.383 e. The Morgan fingerprint density at radius 3 is 2.33 bits per heavy atom. The molecular weight excluding hydrogens is 366 g/mol. The molecule has 0 aliphatic heterocycles. The summed E-state index contributed by atoms with van der Waals surface area (Å²) in [4.78, 5) is 12.0. The van der Waals surface area contributed by atoms with Crippen molar-refractivity contribution in [3.63, 3.8) is 0 Å². The molecule has 0 radical (unpaired) electrons. The number of nitrogens with one attached hydrogen (secondary N) is 2. The molecule has 0 aliphatic carbocycles. The summed E-state index contributed by atoms with van der Waals surface area (Å²) in [6.45, 7) is 0. The van der Waals surface area contributed by atoms with Gasteiger partial charge in [0, 0.05) is 22.8 Å². The van der Waals surface area contributed by atoms with Crippen molar-refractivity contribution in [3.05, 3.63) is 57.0 Å². The number of rotatable bonds is 3. The van der Waals surface area contributed by atoms with Gasteiger partial charge in [-0.1, -0.05) is 11.6 Å². The standard InChI is InChI=1S/C14H10BrClF2N2O/c1-19-13-11(17)4-7(5-12(13)18)14(21)20-8-2-3-10(16)9(15)6-8/h2-6,19H,1H3,(H,20,21). The molecule has 0 heterocycles. The lowest BCUT2D eigenvalue weighted by Crippen LogP contribution is -2.13. The average molecular weight is 376 g/mol. The van der Waals surface area contributed by atoms with Crippen molar-refractivity contribution in [2.45, 2.75) is 0 Å². The zero-order valence-corrected chi connectivity index (χ0v) is 13.1. The van der Waals surface area contributed by atoms with Crippen molar-refractivity contribution in [3.8, 4) is 0 Å². The lowest BCUT2D eigenvalue weighted by molar-refractivity contribution is 0.102. The van der Waals surface area contributed by atoms with Crippen LogP contribution in [0.4, 0.5) is 20.2 Å². The third-order valence-electron chi connectivity index (χ3n) is 2.73. The van der Waals surface area contributed by atoms with Gasteiger partial charge in [-0.3, -0.25) is 4.79 Å². The van der Waals surface area contributed by atoms with E-state index in [1.165, 1.54) is 7.05 Å². The van der Waals surface area contributed by atoms with E-state index in [0.717, 1.165) is 12.1 Å². The maximum atomic E-state index is 13.6. The zero-order valence-electron chi connectivity index (χ0n) is 10.8. The summed E-state index contributed by atoms with van der Waals surface area (Å²) in [6, 6.07) is 6.70. The number of halogens is 4. The van der Waals surface area contributed by atoms with Crippen LogP contribution in [-0.2, 0) is 0 Å². The van der Waals surface area contributed by atoms with E-state index in [1.807, 2.05) is 0 Å². The molecule has 110 valence electrons. The molecule has 0 fully saturated rings. The molecule has 2 aromatic carbocycles. The van der Waals surface area contributed by atoms with Crippen LogP contribution in [0.5, 0.6) is 0 Å². The van der Waals surface area contributed by atoms with E-state index in [4.69, 9.17) is 11.6 Å². The van der Waals surface area contributed by atoms with Gasteiger partial charge in [0.15, 0.2) is 0 Å². The second kappa shape index (κ2) is 6.41. The molecule has 1 amide bonds. The molecule has 2 rings (SSSR count). The number of carbonyl (C=O) groups excluding carboxylic acids is 1. The molecule has 2 N–H and O–H groups in total. The van der Waals surface area contributed by atoms with Crippen LogP contribution >= 0.6 is 27.5 Å². The van der Waals surface area contributed by atoms with Crippen molar-refractivity contribution in [2.75, 3.05) is 17.7 Å². The maximum absolute atomic E-state index is 13.6. The molecule has 0 spiro atoms. The van der Waals surface area contributed by atoms with Gasteiger partial charge in [0.25, 0.3) is 5.91 Å². The quantitative estimate of drug-likeness (QED) is 0.818. The summed E-state index contributed by atoms with van der Waals surface area (Å²) in [5.74, 6) is -2.29. The molecule has 0 saturated carbocycles. The molecule has 0 unspecified atom stereocenters. The molecule has 21 heavy (non-hydrogen) atoms. The van der Waals surface area contributed by atoms with Gasteiger partial charge in [0.1, 0.15) is 17.3 Å². The third kappa shape index (κ3) is 3.51. The smallest absolute Gasteiger partial charge is 0.255 e. The Labute approximate surface area is 133 Å². The minimum absolute atomic E-state index is 0.116. The first-order chi connectivity index (χ1) is 9.92. The summed E-state index contributed by atoms with van der Waals surface area (Å²) < 4.78 is 27.8. The highest BCUT2D eigenvalue weighted by Gasteiger charge is 2.14. The Morgan fingerprint density at radius 1 is 1.19 bits per heavy atom. The summed E-state index contributed by atoms with van der Waals surface area (Å²) in [7, 11) is 1.40. The van der Waals surface area contributed by atoms with E-state index in [9.17, 15) is 13.6 Å². The molecule has 2 aromatic rings. The first-order valence-corrected chi connectivity index (χ1v) is 7.02. The first-order valence-electron chi connectivity index (χ1n) is 5.85. The fourth-order valence-corrected chi connectivity index (χ4v) is 2.22. The molecule has 0 aliphatic rings. The highest BCUT2D eigenvalue weighted by atomic mass is 79.9. The molecule has 3 nitrogen and oxygen atoms in total. The average Bonchev–Trinajstić information content (AvgIpc) is 2.42. The molecule has 7 heteroatoms. The Balaban J connectivity index is 2.26. The van der Waals surface area contributed by atoms with Gasteiger partial charge < -0.3 is 10.6 Å². The predicted molar refractivity (Wildman–Crippen MR) is 83.0 cm³/mol. The van der Waals surface area contributed by atoms with Crippen molar-refractivity contribution in [1.29, 1.82) is 0 Å². The van der Waals surface area contributed by atoms with Crippen molar-refractivity contribution < 1.29 is 13.6 Å². The fraction of sp³-hybridized carbons (Fsp3) is 0.0714. The zero-order chi connectivity index (χ0) is 15.6. The summed E-state index contributed by atoms with van der Waals surface area (Å²) in [6.07, 6.45) is 0. The fourth-order valence-electron chi connectivity index (χ4n) is 1.72. The SMILES string of the molecule is CNc1c(F)cc(C(=O)Nc2ccc(Cl)c(Br)c2)cc1F. The van der Waals surface area contributed by atoms with Crippen molar-refractivity contribution >= 4 is 44.8 Å². The van der Waals surface area contributed by atoms with E-state index < -0.39 is 17.5 Å². The Bertz CT molecular complexity index is 686. The van der Waals surface area contributed by atoms with E-state index >= 15 is 0 Å². The van der Waals surface area contributed by atoms with Crippen molar-refractivity contribution in [2.24, 2.45) is 0 Å². The summed E-state index contributed by atoms with van der Waals surface area (Å²) >= 11 is 9.07. The molecular formula is C14H10BrClF2N2O. The number of carbonyl (C=O) groups is 1. The summed E-state index contributed by atoms with van der Waals surface area (Å²) in [5, 5.41) is 5.42. The van der Waals surface area contributed by atoms with Gasteiger partial charge in [-0.2, -0.15) is 0 Å². The Morgan fingerprint density at radius 2 is 1.81 bits per heavy atom. The normalized spacial score (nSPS) is 10.3. The Hall–Kier alpha value is -1.66. The van der Waals surface area contributed by atoms with Crippen LogP contribution in [0.15, 0.2) is 34.8 Å². The van der Waals surface area contributed by atoms with E-state index in [-0.39, 0.29) is 11.3 Å². The number of anilines is 2. The first kappa shape index (κ1) is 15.7. The van der Waals surface area contributed by atoms with E-state index in [0.29, 0.717) is 15.2 Å². The van der Waals surface area contributed by atoms with Crippen molar-refractivity contribution in [1.82, 2.24) is 0 Å². The van der Waals surface area contributed by atoms with E-state index in [2.05, 4.69) is 26.6 Å². The lowest BCUT2D eigenvalue weighted by Gasteiger charge is -2.09. The number of hydrogen-bond acceptors (Lipinski definition) is 2. The second-order valence-electron chi connectivity index (χ2n) is 4.15. The van der Waals surface area contributed by atoms with Crippen LogP contribution in [0.3, 0.4) is 0 Å². The molecule has 0 aromatic heterocycles. The minimum atomic E-state index is -0.833. The summed E-state index contributed by atoms with van der Waals surface area (Å²) in [5.41, 5.74) is 0.0608. The predicted octanol–water partition coefficient (Wildman–Crippen LogP) is 4.67. The van der Waals surface area contributed by atoms with Crippen LogP contribution in [0.1, 0.15) is 10.4 Å². The molecule has 0 bridgehead atoms. The van der Waals surface area contributed by atoms with Crippen LogP contribution in [-0.4, -0.2) is 13.0 Å². The molecule has 0 saturated heterocycles. The van der Waals surface area contributed by atoms with Gasteiger partial charge >= 0.3 is 0 Å². The van der Waals surface area contributed by atoms with Crippen LogP contribution in [0, 0.1) is 11.6 Å². The van der Waals surface area contributed by atoms with Crippen LogP contribution in [0.25, 0.3) is 0 Å². The molecule has 0 atom stereocenters. The van der Waals surface area contributed by atoms with Gasteiger partial charge in [-0.25, -0.2) is 8.78 Å². The number of amides is 1. The topological polar surface area (TPSA) is 41.1 Å². The van der Waals surface area contributed by atoms with Gasteiger partial charge in [0.05, 0.1) is 5.02 Å². The monoisotopic (exact) mass is 374 g/mol. The highest BCUT2D eigenvalue weighted by Crippen LogP contribution is 2.26. The largest absolute Gasteiger partial charge is 0.383 e. The lowest BCUT2D eigenvalue weighted by atomic mass is 10.1. The van der Waals surface area contributed by atoms with Gasteiger partial charge in [-0.05, 0) is 46.3 Å².